The van der Waals surface area contributed by atoms with Crippen LogP contribution in [0.4, 0.5) is 0 Å². The number of benzene rings is 1. The fourth-order valence-corrected chi connectivity index (χ4v) is 3.14. The lowest BCUT2D eigenvalue weighted by Gasteiger charge is -2.22. The zero-order chi connectivity index (χ0) is 16.8. The summed E-state index contributed by atoms with van der Waals surface area (Å²) in [4.78, 5) is 15.8. The number of ether oxygens (including phenoxy) is 2. The number of hydrogen-bond donors (Lipinski definition) is 0. The van der Waals surface area contributed by atoms with Gasteiger partial charge in [0.25, 0.3) is 0 Å². The Labute approximate surface area is 142 Å². The molecule has 0 amide bonds. The van der Waals surface area contributed by atoms with Gasteiger partial charge in [0.2, 0.25) is 5.88 Å². The second kappa shape index (κ2) is 7.95. The Hall–Kier alpha value is -2.36. The van der Waals surface area contributed by atoms with Crippen LogP contribution in [0.15, 0.2) is 42.6 Å². The van der Waals surface area contributed by atoms with Crippen LogP contribution in [0.5, 0.6) is 11.6 Å². The van der Waals surface area contributed by atoms with Crippen LogP contribution in [0.25, 0.3) is 0 Å². The summed E-state index contributed by atoms with van der Waals surface area (Å²) < 4.78 is 10.7. The van der Waals surface area contributed by atoms with Crippen LogP contribution in [0.2, 0.25) is 0 Å². The van der Waals surface area contributed by atoms with E-state index in [1.54, 1.807) is 19.1 Å². The summed E-state index contributed by atoms with van der Waals surface area (Å²) in [7, 11) is 0. The molecular weight excluding hydrogens is 302 g/mol. The predicted octanol–water partition coefficient (Wildman–Crippen LogP) is 5.10. The number of aromatic nitrogens is 1. The lowest BCUT2D eigenvalue weighted by atomic mass is 9.84. The van der Waals surface area contributed by atoms with Gasteiger partial charge in [-0.25, -0.2) is 9.78 Å². The molecule has 3 rings (SSSR count). The molecule has 4 nitrogen and oxygen atoms in total. The minimum absolute atomic E-state index is 0.352. The number of carbonyl (C=O) groups is 1. The van der Waals surface area contributed by atoms with Crippen LogP contribution in [-0.2, 0) is 4.74 Å². The van der Waals surface area contributed by atoms with Gasteiger partial charge in [-0.1, -0.05) is 31.4 Å². The van der Waals surface area contributed by atoms with Crippen molar-refractivity contribution in [2.45, 2.75) is 44.9 Å². The van der Waals surface area contributed by atoms with E-state index in [-0.39, 0.29) is 5.97 Å². The third-order valence-electron chi connectivity index (χ3n) is 4.43. The van der Waals surface area contributed by atoms with Gasteiger partial charge < -0.3 is 9.47 Å². The molecule has 0 unspecified atom stereocenters. The van der Waals surface area contributed by atoms with E-state index in [0.29, 0.717) is 24.0 Å². The monoisotopic (exact) mass is 325 g/mol. The van der Waals surface area contributed by atoms with Gasteiger partial charge in [-0.2, -0.15) is 0 Å². The minimum Gasteiger partial charge on any atom is -0.462 e. The summed E-state index contributed by atoms with van der Waals surface area (Å²) in [5.74, 6) is 1.54. The highest BCUT2D eigenvalue weighted by molar-refractivity contribution is 5.89. The van der Waals surface area contributed by atoms with Crippen molar-refractivity contribution in [3.63, 3.8) is 0 Å². The number of esters is 1. The molecule has 1 heterocycles. The van der Waals surface area contributed by atoms with E-state index in [2.05, 4.69) is 17.1 Å². The van der Waals surface area contributed by atoms with Crippen LogP contribution in [0.3, 0.4) is 0 Å². The van der Waals surface area contributed by atoms with Crippen molar-refractivity contribution >= 4 is 5.97 Å². The molecule has 0 saturated heterocycles. The maximum absolute atomic E-state index is 11.6. The fourth-order valence-electron chi connectivity index (χ4n) is 3.14. The molecule has 0 radical (unpaired) electrons. The topological polar surface area (TPSA) is 48.4 Å². The van der Waals surface area contributed by atoms with Crippen molar-refractivity contribution in [1.29, 1.82) is 0 Å². The zero-order valence-corrected chi connectivity index (χ0v) is 14.0. The second-order valence-corrected chi connectivity index (χ2v) is 6.11. The van der Waals surface area contributed by atoms with Gasteiger partial charge in [0.05, 0.1) is 12.2 Å². The highest BCUT2D eigenvalue weighted by Crippen LogP contribution is 2.33. The number of carbonyl (C=O) groups excluding carboxylic acids is 1. The van der Waals surface area contributed by atoms with Gasteiger partial charge in [-0.15, -0.1) is 0 Å². The average Bonchev–Trinajstić information content (AvgIpc) is 2.64. The summed E-state index contributed by atoms with van der Waals surface area (Å²) >= 11 is 0. The molecule has 0 spiro atoms. The Morgan fingerprint density at radius 1 is 1.08 bits per heavy atom. The summed E-state index contributed by atoms with van der Waals surface area (Å²) in [6.45, 7) is 2.13. The van der Waals surface area contributed by atoms with E-state index >= 15 is 0 Å². The third-order valence-corrected chi connectivity index (χ3v) is 4.43. The van der Waals surface area contributed by atoms with E-state index in [1.807, 2.05) is 12.1 Å². The fraction of sp³-hybridized carbons (Fsp3) is 0.400. The molecule has 24 heavy (non-hydrogen) atoms. The first-order valence-electron chi connectivity index (χ1n) is 8.67. The normalized spacial score (nSPS) is 15.0. The molecule has 1 aromatic heterocycles. The Morgan fingerprint density at radius 2 is 1.83 bits per heavy atom. The lowest BCUT2D eigenvalue weighted by Crippen LogP contribution is -2.05. The maximum Gasteiger partial charge on any atom is 0.339 e. The van der Waals surface area contributed by atoms with E-state index in [9.17, 15) is 4.79 Å². The highest BCUT2D eigenvalue weighted by Gasteiger charge is 2.15. The van der Waals surface area contributed by atoms with Gasteiger partial charge in [0.15, 0.2) is 0 Å². The van der Waals surface area contributed by atoms with Gasteiger partial charge in [0, 0.05) is 12.3 Å². The van der Waals surface area contributed by atoms with E-state index < -0.39 is 0 Å². The number of pyridine rings is 1. The molecule has 0 atom stereocenters. The van der Waals surface area contributed by atoms with E-state index in [0.717, 1.165) is 5.75 Å². The smallest absolute Gasteiger partial charge is 0.339 e. The first-order valence-corrected chi connectivity index (χ1v) is 8.67. The largest absolute Gasteiger partial charge is 0.462 e. The third kappa shape index (κ3) is 4.13. The summed E-state index contributed by atoms with van der Waals surface area (Å²) in [5, 5.41) is 0. The molecule has 0 aliphatic heterocycles. The highest BCUT2D eigenvalue weighted by atomic mass is 16.5. The van der Waals surface area contributed by atoms with Crippen molar-refractivity contribution in [1.82, 2.24) is 4.98 Å². The van der Waals surface area contributed by atoms with Crippen LogP contribution >= 0.6 is 0 Å². The van der Waals surface area contributed by atoms with Crippen molar-refractivity contribution < 1.29 is 14.3 Å². The molecule has 4 heteroatoms. The molecule has 2 aromatic rings. The van der Waals surface area contributed by atoms with Crippen molar-refractivity contribution in [2.75, 3.05) is 6.61 Å². The number of hydrogen-bond acceptors (Lipinski definition) is 4. The molecule has 1 aromatic carbocycles. The van der Waals surface area contributed by atoms with Crippen LogP contribution < -0.4 is 4.74 Å². The molecule has 0 N–H and O–H groups in total. The van der Waals surface area contributed by atoms with Crippen molar-refractivity contribution in [3.8, 4) is 11.6 Å². The quantitative estimate of drug-likeness (QED) is 0.718. The average molecular weight is 325 g/mol. The van der Waals surface area contributed by atoms with Crippen LogP contribution in [0, 0.1) is 0 Å². The summed E-state index contributed by atoms with van der Waals surface area (Å²) in [6, 6.07) is 11.6. The molecule has 1 fully saturated rings. The molecule has 126 valence electrons. The standard InChI is InChI=1S/C20H23NO3/c1-2-23-20(22)17-10-13-19(21-14-17)24-18-11-8-16(9-12-18)15-6-4-3-5-7-15/h8-15H,2-7H2,1H3. The van der Waals surface area contributed by atoms with E-state index in [4.69, 9.17) is 9.47 Å². The van der Waals surface area contributed by atoms with Gasteiger partial charge in [0.1, 0.15) is 5.75 Å². The van der Waals surface area contributed by atoms with Gasteiger partial charge in [-0.05, 0) is 49.4 Å². The van der Waals surface area contributed by atoms with Crippen LogP contribution in [-0.4, -0.2) is 17.6 Å². The van der Waals surface area contributed by atoms with Crippen LogP contribution in [0.1, 0.15) is 60.9 Å². The van der Waals surface area contributed by atoms with Gasteiger partial charge in [-0.3, -0.25) is 0 Å². The summed E-state index contributed by atoms with van der Waals surface area (Å²) in [6.07, 6.45) is 8.09. The van der Waals surface area contributed by atoms with E-state index in [1.165, 1.54) is 43.9 Å². The number of rotatable bonds is 5. The Balaban J connectivity index is 1.62. The van der Waals surface area contributed by atoms with Crippen molar-refractivity contribution in [3.05, 3.63) is 53.7 Å². The molecule has 0 bridgehead atoms. The molecular formula is C20H23NO3. The van der Waals surface area contributed by atoms with Crippen molar-refractivity contribution in [2.24, 2.45) is 0 Å². The lowest BCUT2D eigenvalue weighted by molar-refractivity contribution is 0.0526. The Bertz CT molecular complexity index is 658. The molecule has 1 aliphatic carbocycles. The first-order chi connectivity index (χ1) is 11.8. The summed E-state index contributed by atoms with van der Waals surface area (Å²) in [5.41, 5.74) is 1.82. The minimum atomic E-state index is -0.367. The maximum atomic E-state index is 11.6. The molecule has 1 aliphatic rings. The predicted molar refractivity (Wildman–Crippen MR) is 92.5 cm³/mol. The first kappa shape index (κ1) is 16.5. The zero-order valence-electron chi connectivity index (χ0n) is 14.0. The Morgan fingerprint density at radius 3 is 2.46 bits per heavy atom. The molecule has 1 saturated carbocycles. The number of nitrogens with zero attached hydrogens (tertiary/aromatic N) is 1. The second-order valence-electron chi connectivity index (χ2n) is 6.11. The van der Waals surface area contributed by atoms with Gasteiger partial charge >= 0.3 is 5.97 Å². The Kier molecular flexibility index (Phi) is 5.47. The SMILES string of the molecule is CCOC(=O)c1ccc(Oc2ccc(C3CCCCC3)cc2)nc1.